The Morgan fingerprint density at radius 2 is 1.64 bits per heavy atom. The maximum absolute atomic E-state index is 12.9. The Hall–Kier alpha value is -1.44. The summed E-state index contributed by atoms with van der Waals surface area (Å²) in [5.74, 6) is 0.495. The molecule has 0 N–H and O–H groups in total. The van der Waals surface area contributed by atoms with Crippen LogP contribution in [0.5, 0.6) is 0 Å². The van der Waals surface area contributed by atoms with E-state index in [9.17, 15) is 9.59 Å². The molecule has 0 unspecified atom stereocenters. The number of unbranched alkanes of at least 4 members (excludes halogenated alkanes) is 2. The summed E-state index contributed by atoms with van der Waals surface area (Å²) in [5.41, 5.74) is 1.56. The van der Waals surface area contributed by atoms with E-state index in [1.54, 1.807) is 6.92 Å². The molecule has 1 aromatic carbocycles. The van der Waals surface area contributed by atoms with Crippen molar-refractivity contribution in [3.8, 4) is 0 Å². The number of benzene rings is 1. The number of ketones is 2. The van der Waals surface area contributed by atoms with Gasteiger partial charge in [-0.2, -0.15) is 0 Å². The van der Waals surface area contributed by atoms with Crippen LogP contribution in [-0.4, -0.2) is 11.6 Å². The molecule has 0 saturated heterocycles. The summed E-state index contributed by atoms with van der Waals surface area (Å²) in [6.07, 6.45) is 9.41. The molecule has 1 aliphatic rings. The Kier molecular flexibility index (Phi) is 5.93. The Balaban J connectivity index is 2.24. The van der Waals surface area contributed by atoms with Crippen LogP contribution in [0.1, 0.15) is 87.6 Å². The minimum Gasteiger partial charge on any atom is -0.299 e. The van der Waals surface area contributed by atoms with E-state index in [-0.39, 0.29) is 11.2 Å². The first kappa shape index (κ1) is 16.9. The van der Waals surface area contributed by atoms with Crippen LogP contribution in [0.4, 0.5) is 0 Å². The maximum Gasteiger partial charge on any atom is 0.159 e. The summed E-state index contributed by atoms with van der Waals surface area (Å²) in [7, 11) is 0. The summed E-state index contributed by atoms with van der Waals surface area (Å²) in [6.45, 7) is 3.75. The first-order valence-corrected chi connectivity index (χ1v) is 8.75. The monoisotopic (exact) mass is 300 g/mol. The lowest BCUT2D eigenvalue weighted by Gasteiger charge is -2.36. The third-order valence-corrected chi connectivity index (χ3v) is 5.09. The van der Waals surface area contributed by atoms with Gasteiger partial charge >= 0.3 is 0 Å². The third kappa shape index (κ3) is 3.66. The summed E-state index contributed by atoms with van der Waals surface area (Å²) in [4.78, 5) is 24.4. The maximum atomic E-state index is 12.9. The van der Waals surface area contributed by atoms with Crippen LogP contribution in [0, 0.1) is 0 Å². The smallest absolute Gasteiger partial charge is 0.159 e. The van der Waals surface area contributed by atoms with Crippen molar-refractivity contribution in [3.05, 3.63) is 35.4 Å². The van der Waals surface area contributed by atoms with Crippen molar-refractivity contribution in [2.75, 3.05) is 0 Å². The van der Waals surface area contributed by atoms with E-state index in [0.29, 0.717) is 12.2 Å². The molecule has 0 heterocycles. The van der Waals surface area contributed by atoms with E-state index in [0.717, 1.165) is 56.1 Å². The van der Waals surface area contributed by atoms with Crippen LogP contribution in [0.15, 0.2) is 24.3 Å². The van der Waals surface area contributed by atoms with Crippen molar-refractivity contribution >= 4 is 11.6 Å². The minimum atomic E-state index is -0.290. The van der Waals surface area contributed by atoms with E-state index in [1.807, 2.05) is 24.3 Å². The zero-order chi connectivity index (χ0) is 16.0. The zero-order valence-corrected chi connectivity index (χ0v) is 14.0. The predicted octanol–water partition coefficient (Wildman–Crippen LogP) is 5.24. The van der Waals surface area contributed by atoms with E-state index in [2.05, 4.69) is 6.92 Å². The summed E-state index contributed by atoms with van der Waals surface area (Å²) >= 11 is 0. The summed E-state index contributed by atoms with van der Waals surface area (Å²) < 4.78 is 0. The molecule has 1 fully saturated rings. The first-order valence-electron chi connectivity index (χ1n) is 8.75. The highest BCUT2D eigenvalue weighted by Crippen LogP contribution is 2.41. The van der Waals surface area contributed by atoms with Crippen molar-refractivity contribution in [1.82, 2.24) is 0 Å². The fourth-order valence-corrected chi connectivity index (χ4v) is 3.68. The fraction of sp³-hybridized carbons (Fsp3) is 0.600. The topological polar surface area (TPSA) is 34.1 Å². The second-order valence-electron chi connectivity index (χ2n) is 6.66. The fourth-order valence-electron chi connectivity index (χ4n) is 3.68. The number of Topliss-reactive ketones (excluding diaryl/α,β-unsaturated/α-hetero) is 2. The Morgan fingerprint density at radius 3 is 2.18 bits per heavy atom. The molecule has 0 amide bonds. The Labute approximate surface area is 134 Å². The molecule has 2 rings (SSSR count). The van der Waals surface area contributed by atoms with Crippen LogP contribution in [0.25, 0.3) is 0 Å². The van der Waals surface area contributed by atoms with E-state index in [4.69, 9.17) is 0 Å². The van der Waals surface area contributed by atoms with Gasteiger partial charge in [0, 0.05) is 12.0 Å². The average molecular weight is 300 g/mol. The molecular weight excluding hydrogens is 272 g/mol. The van der Waals surface area contributed by atoms with Crippen LogP contribution < -0.4 is 0 Å². The van der Waals surface area contributed by atoms with Crippen molar-refractivity contribution in [2.45, 2.75) is 77.0 Å². The van der Waals surface area contributed by atoms with Gasteiger partial charge in [-0.3, -0.25) is 9.59 Å². The summed E-state index contributed by atoms with van der Waals surface area (Å²) in [6, 6.07) is 7.79. The first-order chi connectivity index (χ1) is 10.6. The molecule has 0 radical (unpaired) electrons. The van der Waals surface area contributed by atoms with Crippen molar-refractivity contribution in [3.63, 3.8) is 0 Å². The molecule has 1 aromatic rings. The van der Waals surface area contributed by atoms with Gasteiger partial charge < -0.3 is 0 Å². The lowest BCUT2D eigenvalue weighted by atomic mass is 9.65. The Bertz CT molecular complexity index is 507. The largest absolute Gasteiger partial charge is 0.299 e. The molecule has 22 heavy (non-hydrogen) atoms. The van der Waals surface area contributed by atoms with Crippen molar-refractivity contribution < 1.29 is 9.59 Å². The number of carbonyl (C=O) groups excluding carboxylic acids is 2. The van der Waals surface area contributed by atoms with Crippen molar-refractivity contribution in [2.24, 2.45) is 0 Å². The zero-order valence-electron chi connectivity index (χ0n) is 14.0. The molecule has 2 heteroatoms. The standard InChI is InChI=1S/C20H28O2/c1-3-4-6-9-19(22)20(14-7-5-8-15-20)18-12-10-17(11-13-18)16(2)21/h10-13H,3-9,14-15H2,1-2H3. The number of rotatable bonds is 7. The van der Waals surface area contributed by atoms with Gasteiger partial charge in [-0.25, -0.2) is 0 Å². The highest BCUT2D eigenvalue weighted by atomic mass is 16.1. The molecule has 120 valence electrons. The third-order valence-electron chi connectivity index (χ3n) is 5.09. The van der Waals surface area contributed by atoms with Gasteiger partial charge in [0.15, 0.2) is 5.78 Å². The second kappa shape index (κ2) is 7.71. The van der Waals surface area contributed by atoms with Crippen LogP contribution in [0.2, 0.25) is 0 Å². The quantitative estimate of drug-likeness (QED) is 0.509. The van der Waals surface area contributed by atoms with E-state index < -0.39 is 0 Å². The van der Waals surface area contributed by atoms with Crippen LogP contribution in [-0.2, 0) is 10.2 Å². The van der Waals surface area contributed by atoms with Crippen LogP contribution >= 0.6 is 0 Å². The molecule has 2 nitrogen and oxygen atoms in total. The van der Waals surface area contributed by atoms with Crippen LogP contribution in [0.3, 0.4) is 0 Å². The van der Waals surface area contributed by atoms with E-state index in [1.165, 1.54) is 6.42 Å². The van der Waals surface area contributed by atoms with Gasteiger partial charge in [-0.05, 0) is 31.7 Å². The van der Waals surface area contributed by atoms with Gasteiger partial charge in [0.05, 0.1) is 5.41 Å². The molecule has 0 aliphatic heterocycles. The van der Waals surface area contributed by atoms with Crippen molar-refractivity contribution in [1.29, 1.82) is 0 Å². The predicted molar refractivity (Wildman–Crippen MR) is 90.4 cm³/mol. The normalized spacial score (nSPS) is 17.2. The number of carbonyl (C=O) groups is 2. The average Bonchev–Trinajstić information content (AvgIpc) is 2.55. The summed E-state index contributed by atoms with van der Waals surface area (Å²) in [5, 5.41) is 0. The van der Waals surface area contributed by atoms with Gasteiger partial charge in [0.2, 0.25) is 0 Å². The second-order valence-corrected chi connectivity index (χ2v) is 6.66. The minimum absolute atomic E-state index is 0.0820. The number of hydrogen-bond donors (Lipinski definition) is 0. The van der Waals surface area contributed by atoms with Gasteiger partial charge in [0.1, 0.15) is 5.78 Å². The highest BCUT2D eigenvalue weighted by molar-refractivity contribution is 5.94. The molecule has 0 aromatic heterocycles. The van der Waals surface area contributed by atoms with E-state index >= 15 is 0 Å². The SMILES string of the molecule is CCCCCC(=O)C1(c2ccc(C(C)=O)cc2)CCCCC1. The lowest BCUT2D eigenvalue weighted by Crippen LogP contribution is -2.38. The molecular formula is C20H28O2. The molecule has 1 saturated carbocycles. The van der Waals surface area contributed by atoms with Gasteiger partial charge in [0.25, 0.3) is 0 Å². The van der Waals surface area contributed by atoms with Gasteiger partial charge in [-0.1, -0.05) is 63.3 Å². The van der Waals surface area contributed by atoms with Gasteiger partial charge in [-0.15, -0.1) is 0 Å². The Morgan fingerprint density at radius 1 is 1.00 bits per heavy atom. The molecule has 0 spiro atoms. The molecule has 1 aliphatic carbocycles. The molecule has 0 bridgehead atoms. The molecule has 0 atom stereocenters. The highest BCUT2D eigenvalue weighted by Gasteiger charge is 2.39. The number of hydrogen-bond acceptors (Lipinski definition) is 2. The lowest BCUT2D eigenvalue weighted by molar-refractivity contribution is -0.126.